The van der Waals surface area contributed by atoms with E-state index in [0.29, 0.717) is 17.7 Å². The van der Waals surface area contributed by atoms with E-state index in [9.17, 15) is 9.59 Å². The highest BCUT2D eigenvalue weighted by Gasteiger charge is 2.12. The van der Waals surface area contributed by atoms with Gasteiger partial charge < -0.3 is 15.7 Å². The van der Waals surface area contributed by atoms with Crippen molar-refractivity contribution >= 4 is 17.5 Å². The summed E-state index contributed by atoms with van der Waals surface area (Å²) in [4.78, 5) is 22.8. The van der Waals surface area contributed by atoms with Crippen molar-refractivity contribution in [2.24, 2.45) is 0 Å². The van der Waals surface area contributed by atoms with Crippen molar-refractivity contribution in [2.45, 2.75) is 6.42 Å². The number of amides is 2. The van der Waals surface area contributed by atoms with Gasteiger partial charge >= 0.3 is 11.8 Å². The van der Waals surface area contributed by atoms with E-state index in [2.05, 4.69) is 16.6 Å². The van der Waals surface area contributed by atoms with E-state index in [1.54, 1.807) is 24.3 Å². The van der Waals surface area contributed by atoms with Gasteiger partial charge in [-0.3, -0.25) is 9.59 Å². The first-order valence-electron chi connectivity index (χ1n) is 5.44. The number of benzene rings is 1. The van der Waals surface area contributed by atoms with Gasteiger partial charge in [0.1, 0.15) is 0 Å². The lowest BCUT2D eigenvalue weighted by Crippen LogP contribution is -2.36. The van der Waals surface area contributed by atoms with Gasteiger partial charge in [-0.1, -0.05) is 12.0 Å². The maximum absolute atomic E-state index is 11.5. The van der Waals surface area contributed by atoms with E-state index >= 15 is 0 Å². The normalized spacial score (nSPS) is 9.33. The molecule has 5 heteroatoms. The summed E-state index contributed by atoms with van der Waals surface area (Å²) in [5.74, 6) is 0.929. The molecule has 0 atom stereocenters. The van der Waals surface area contributed by atoms with E-state index in [4.69, 9.17) is 11.5 Å². The lowest BCUT2D eigenvalue weighted by Gasteiger charge is -2.06. The van der Waals surface area contributed by atoms with Crippen molar-refractivity contribution in [3.63, 3.8) is 0 Å². The van der Waals surface area contributed by atoms with Gasteiger partial charge in [0, 0.05) is 24.4 Å². The van der Waals surface area contributed by atoms with Crippen LogP contribution in [-0.4, -0.2) is 30.1 Å². The molecule has 3 N–H and O–H groups in total. The average molecular weight is 246 g/mol. The Hall–Kier alpha value is -2.32. The quantitative estimate of drug-likeness (QED) is 0.401. The van der Waals surface area contributed by atoms with Gasteiger partial charge in [-0.15, -0.1) is 6.42 Å². The molecule has 0 spiro atoms. The first-order chi connectivity index (χ1) is 8.67. The highest BCUT2D eigenvalue weighted by Crippen LogP contribution is 2.09. The molecule has 0 aliphatic rings. The van der Waals surface area contributed by atoms with Gasteiger partial charge in [-0.05, 0) is 24.6 Å². The molecule has 0 aliphatic carbocycles. The summed E-state index contributed by atoms with van der Waals surface area (Å²) in [5.41, 5.74) is 1.08. The summed E-state index contributed by atoms with van der Waals surface area (Å²) >= 11 is 0. The fraction of sp³-hybridized carbons (Fsp3) is 0.231. The lowest BCUT2D eigenvalue weighted by atomic mass is 10.2. The smallest absolute Gasteiger partial charge is 0.313 e. The molecule has 0 bridgehead atoms. The van der Waals surface area contributed by atoms with Crippen LogP contribution in [0.4, 0.5) is 5.69 Å². The Morgan fingerprint density at radius 3 is 2.78 bits per heavy atom. The van der Waals surface area contributed by atoms with Crippen LogP contribution in [0.3, 0.4) is 0 Å². The molecule has 0 saturated carbocycles. The first-order valence-corrected chi connectivity index (χ1v) is 5.44. The van der Waals surface area contributed by atoms with Crippen molar-refractivity contribution in [1.82, 2.24) is 5.32 Å². The number of rotatable bonds is 4. The molecule has 0 radical (unpaired) electrons. The van der Waals surface area contributed by atoms with Crippen molar-refractivity contribution < 1.29 is 14.7 Å². The maximum Gasteiger partial charge on any atom is 0.313 e. The zero-order chi connectivity index (χ0) is 13.4. The highest BCUT2D eigenvalue weighted by atomic mass is 16.3. The summed E-state index contributed by atoms with van der Waals surface area (Å²) in [6.45, 7) is 0.221. The summed E-state index contributed by atoms with van der Waals surface area (Å²) in [7, 11) is 0. The number of aliphatic hydroxyl groups excluding tert-OH is 1. The second-order valence-electron chi connectivity index (χ2n) is 3.51. The number of carbonyl (C=O) groups is 2. The van der Waals surface area contributed by atoms with Crippen LogP contribution in [0.5, 0.6) is 0 Å². The van der Waals surface area contributed by atoms with Crippen LogP contribution in [0.15, 0.2) is 24.3 Å². The van der Waals surface area contributed by atoms with Gasteiger partial charge in [0.25, 0.3) is 0 Å². The second-order valence-corrected chi connectivity index (χ2v) is 3.51. The third-order valence-electron chi connectivity index (χ3n) is 2.11. The average Bonchev–Trinajstić information content (AvgIpc) is 2.39. The van der Waals surface area contributed by atoms with Crippen LogP contribution in [-0.2, 0) is 9.59 Å². The van der Waals surface area contributed by atoms with Crippen LogP contribution in [0.1, 0.15) is 12.0 Å². The minimum absolute atomic E-state index is 0.0356. The van der Waals surface area contributed by atoms with Crippen molar-refractivity contribution in [3.05, 3.63) is 29.8 Å². The minimum atomic E-state index is -0.762. The number of hydrogen-bond acceptors (Lipinski definition) is 3. The molecular formula is C13H14N2O3. The van der Waals surface area contributed by atoms with Crippen molar-refractivity contribution in [1.29, 1.82) is 0 Å². The largest absolute Gasteiger partial charge is 0.396 e. The molecule has 0 saturated heterocycles. The van der Waals surface area contributed by atoms with Gasteiger partial charge in [-0.2, -0.15) is 0 Å². The lowest BCUT2D eigenvalue weighted by molar-refractivity contribution is -0.136. The van der Waals surface area contributed by atoms with Crippen LogP contribution in [0.25, 0.3) is 0 Å². The molecule has 1 aromatic rings. The zero-order valence-electron chi connectivity index (χ0n) is 9.77. The SMILES string of the molecule is C#Cc1cccc(NC(=O)C(=O)NCCCO)c1. The molecule has 0 aromatic heterocycles. The molecule has 0 aliphatic heterocycles. The Morgan fingerprint density at radius 1 is 1.33 bits per heavy atom. The number of nitrogens with one attached hydrogen (secondary N) is 2. The molecule has 0 heterocycles. The van der Waals surface area contributed by atoms with Crippen LogP contribution in [0.2, 0.25) is 0 Å². The second kappa shape index (κ2) is 7.09. The van der Waals surface area contributed by atoms with Crippen molar-refractivity contribution in [2.75, 3.05) is 18.5 Å². The fourth-order valence-electron chi connectivity index (χ4n) is 1.24. The Labute approximate surface area is 105 Å². The highest BCUT2D eigenvalue weighted by molar-refractivity contribution is 6.39. The molecule has 1 aromatic carbocycles. The number of anilines is 1. The van der Waals surface area contributed by atoms with Crippen LogP contribution < -0.4 is 10.6 Å². The molecule has 0 fully saturated rings. The van der Waals surface area contributed by atoms with E-state index < -0.39 is 11.8 Å². The Bertz CT molecular complexity index is 477. The number of carbonyl (C=O) groups excluding carboxylic acids is 2. The molecular weight excluding hydrogens is 232 g/mol. The van der Waals surface area contributed by atoms with Gasteiger partial charge in [-0.25, -0.2) is 0 Å². The van der Waals surface area contributed by atoms with Gasteiger partial charge in [0.2, 0.25) is 0 Å². The first kappa shape index (κ1) is 13.7. The topological polar surface area (TPSA) is 78.4 Å². The number of hydrogen-bond donors (Lipinski definition) is 3. The molecule has 94 valence electrons. The molecule has 2 amide bonds. The van der Waals surface area contributed by atoms with Crippen LogP contribution >= 0.6 is 0 Å². The molecule has 18 heavy (non-hydrogen) atoms. The zero-order valence-corrected chi connectivity index (χ0v) is 9.77. The maximum atomic E-state index is 11.5. The van der Waals surface area contributed by atoms with E-state index in [-0.39, 0.29) is 13.2 Å². The standard InChI is InChI=1S/C13H14N2O3/c1-2-10-5-3-6-11(9-10)15-13(18)12(17)14-7-4-8-16/h1,3,5-6,9,16H,4,7-8H2,(H,14,17)(H,15,18). The minimum Gasteiger partial charge on any atom is -0.396 e. The molecule has 1 rings (SSSR count). The summed E-state index contributed by atoms with van der Waals surface area (Å²) in [6.07, 6.45) is 5.63. The van der Waals surface area contributed by atoms with E-state index in [1.165, 1.54) is 0 Å². The monoisotopic (exact) mass is 246 g/mol. The van der Waals surface area contributed by atoms with Crippen molar-refractivity contribution in [3.8, 4) is 12.3 Å². The Morgan fingerprint density at radius 2 is 2.11 bits per heavy atom. The summed E-state index contributed by atoms with van der Waals surface area (Å²) in [6, 6.07) is 6.64. The molecule has 0 unspecified atom stereocenters. The predicted molar refractivity (Wildman–Crippen MR) is 67.7 cm³/mol. The summed E-state index contributed by atoms with van der Waals surface area (Å²) in [5, 5.41) is 13.4. The molecule has 5 nitrogen and oxygen atoms in total. The summed E-state index contributed by atoms with van der Waals surface area (Å²) < 4.78 is 0. The van der Waals surface area contributed by atoms with Gasteiger partial charge in [0.05, 0.1) is 0 Å². The predicted octanol–water partition coefficient (Wildman–Crippen LogP) is 0.105. The number of terminal acetylenes is 1. The Kier molecular flexibility index (Phi) is 5.42. The van der Waals surface area contributed by atoms with Gasteiger partial charge in [0.15, 0.2) is 0 Å². The van der Waals surface area contributed by atoms with E-state index in [1.807, 2.05) is 0 Å². The third-order valence-corrected chi connectivity index (χ3v) is 2.11. The fourth-order valence-corrected chi connectivity index (χ4v) is 1.24. The van der Waals surface area contributed by atoms with E-state index in [0.717, 1.165) is 0 Å². The Balaban J connectivity index is 2.53. The third kappa shape index (κ3) is 4.28. The number of aliphatic hydroxyl groups is 1. The van der Waals surface area contributed by atoms with Crippen LogP contribution in [0, 0.1) is 12.3 Å².